The van der Waals surface area contributed by atoms with Crippen molar-refractivity contribution in [3.63, 3.8) is 0 Å². The molecule has 0 aliphatic carbocycles. The minimum Gasteiger partial charge on any atom is -0.354 e. The first-order valence-electron chi connectivity index (χ1n) is 6.37. The van der Waals surface area contributed by atoms with Crippen LogP contribution in [0.4, 0.5) is 5.82 Å². The van der Waals surface area contributed by atoms with Crippen molar-refractivity contribution in [3.05, 3.63) is 23.9 Å². The number of hydrogen-bond donors (Lipinski definition) is 0. The summed E-state index contributed by atoms with van der Waals surface area (Å²) in [5, 5.41) is 8.75. The maximum Gasteiger partial charge on any atom is 0.128 e. The van der Waals surface area contributed by atoms with Gasteiger partial charge in [0.1, 0.15) is 11.9 Å². The molecule has 0 aromatic carbocycles. The van der Waals surface area contributed by atoms with Gasteiger partial charge in [-0.3, -0.25) is 4.90 Å². The third-order valence-electron chi connectivity index (χ3n) is 3.43. The van der Waals surface area contributed by atoms with Crippen LogP contribution in [-0.2, 0) is 0 Å². The predicted molar refractivity (Wildman–Crippen MR) is 72.5 cm³/mol. The van der Waals surface area contributed by atoms with Gasteiger partial charge in [0, 0.05) is 37.9 Å². The monoisotopic (exact) mass is 244 g/mol. The van der Waals surface area contributed by atoms with Crippen LogP contribution in [0.15, 0.2) is 18.3 Å². The number of anilines is 1. The summed E-state index contributed by atoms with van der Waals surface area (Å²) in [4.78, 5) is 9.12. The van der Waals surface area contributed by atoms with Crippen LogP contribution in [-0.4, -0.2) is 41.6 Å². The Bertz CT molecular complexity index is 430. The minimum atomic E-state index is 0.240. The highest BCUT2D eigenvalue weighted by Crippen LogP contribution is 2.19. The Morgan fingerprint density at radius 1 is 1.17 bits per heavy atom. The van der Waals surface area contributed by atoms with Gasteiger partial charge in [-0.15, -0.1) is 0 Å². The van der Waals surface area contributed by atoms with E-state index in [2.05, 4.69) is 41.6 Å². The van der Waals surface area contributed by atoms with E-state index in [4.69, 9.17) is 5.26 Å². The third kappa shape index (κ3) is 2.80. The molecule has 2 rings (SSSR count). The first-order chi connectivity index (χ1) is 8.50. The Hall–Kier alpha value is -1.60. The fourth-order valence-corrected chi connectivity index (χ4v) is 2.25. The average Bonchev–Trinajstić information content (AvgIpc) is 2.38. The summed E-state index contributed by atoms with van der Waals surface area (Å²) >= 11 is 0. The molecule has 2 heterocycles. The standard InChI is InChI=1S/C14H20N4/c1-14(2,3)18-8-6-17(7-9-18)13-5-4-12(10-15)11-16-13/h4-5,11H,6-9H2,1-3H3. The van der Waals surface area contributed by atoms with Gasteiger partial charge in [-0.05, 0) is 32.9 Å². The summed E-state index contributed by atoms with van der Waals surface area (Å²) in [6.45, 7) is 10.9. The predicted octanol–water partition coefficient (Wildman–Crippen LogP) is 1.87. The van der Waals surface area contributed by atoms with Gasteiger partial charge in [-0.1, -0.05) is 0 Å². The molecular weight excluding hydrogens is 224 g/mol. The van der Waals surface area contributed by atoms with Crippen molar-refractivity contribution in [1.82, 2.24) is 9.88 Å². The van der Waals surface area contributed by atoms with Crippen molar-refractivity contribution in [2.45, 2.75) is 26.3 Å². The van der Waals surface area contributed by atoms with Gasteiger partial charge in [0.2, 0.25) is 0 Å². The largest absolute Gasteiger partial charge is 0.354 e. The SMILES string of the molecule is CC(C)(C)N1CCN(c2ccc(C#N)cn2)CC1. The van der Waals surface area contributed by atoms with Gasteiger partial charge in [-0.25, -0.2) is 4.98 Å². The topological polar surface area (TPSA) is 43.2 Å². The van der Waals surface area contributed by atoms with Crippen LogP contribution in [0.5, 0.6) is 0 Å². The quantitative estimate of drug-likeness (QED) is 0.756. The summed E-state index contributed by atoms with van der Waals surface area (Å²) in [6, 6.07) is 5.86. The molecule has 4 nitrogen and oxygen atoms in total. The summed E-state index contributed by atoms with van der Waals surface area (Å²) in [5.74, 6) is 0.975. The van der Waals surface area contributed by atoms with Crippen LogP contribution >= 0.6 is 0 Å². The molecule has 4 heteroatoms. The first kappa shape index (κ1) is 12.8. The molecular formula is C14H20N4. The zero-order chi connectivity index (χ0) is 13.2. The number of nitriles is 1. The average molecular weight is 244 g/mol. The number of hydrogen-bond acceptors (Lipinski definition) is 4. The molecule has 1 fully saturated rings. The van der Waals surface area contributed by atoms with E-state index in [0.29, 0.717) is 5.56 Å². The van der Waals surface area contributed by atoms with E-state index in [0.717, 1.165) is 32.0 Å². The second-order valence-corrected chi connectivity index (χ2v) is 5.66. The molecule has 0 radical (unpaired) electrons. The molecule has 0 N–H and O–H groups in total. The molecule has 1 aliphatic rings. The van der Waals surface area contributed by atoms with Crippen LogP contribution < -0.4 is 4.90 Å². The van der Waals surface area contributed by atoms with Crippen LogP contribution in [0.25, 0.3) is 0 Å². The van der Waals surface area contributed by atoms with Crippen LogP contribution in [0, 0.1) is 11.3 Å². The lowest BCUT2D eigenvalue weighted by atomic mass is 10.1. The Labute approximate surface area is 109 Å². The molecule has 0 saturated carbocycles. The molecule has 0 atom stereocenters. The molecule has 1 aromatic heterocycles. The smallest absolute Gasteiger partial charge is 0.128 e. The van der Waals surface area contributed by atoms with E-state index in [-0.39, 0.29) is 5.54 Å². The minimum absolute atomic E-state index is 0.240. The van der Waals surface area contributed by atoms with E-state index >= 15 is 0 Å². The van der Waals surface area contributed by atoms with Gasteiger partial charge in [0.15, 0.2) is 0 Å². The Balaban J connectivity index is 1.99. The van der Waals surface area contributed by atoms with E-state index in [1.807, 2.05) is 12.1 Å². The molecule has 0 unspecified atom stereocenters. The first-order valence-corrected chi connectivity index (χ1v) is 6.37. The summed E-state index contributed by atoms with van der Waals surface area (Å²) in [7, 11) is 0. The van der Waals surface area contributed by atoms with Crippen molar-refractivity contribution < 1.29 is 0 Å². The Morgan fingerprint density at radius 3 is 2.28 bits per heavy atom. The number of pyridine rings is 1. The number of aromatic nitrogens is 1. The highest BCUT2D eigenvalue weighted by Gasteiger charge is 2.26. The van der Waals surface area contributed by atoms with Crippen molar-refractivity contribution in [2.75, 3.05) is 31.1 Å². The zero-order valence-corrected chi connectivity index (χ0v) is 11.3. The lowest BCUT2D eigenvalue weighted by Gasteiger charge is -2.42. The van der Waals surface area contributed by atoms with Crippen molar-refractivity contribution in [2.24, 2.45) is 0 Å². The molecule has 0 amide bonds. The molecule has 0 bridgehead atoms. The maximum absolute atomic E-state index is 8.75. The molecule has 0 spiro atoms. The second kappa shape index (κ2) is 4.95. The van der Waals surface area contributed by atoms with Crippen LogP contribution in [0.1, 0.15) is 26.3 Å². The lowest BCUT2D eigenvalue weighted by Crippen LogP contribution is -2.53. The lowest BCUT2D eigenvalue weighted by molar-refractivity contribution is 0.128. The van der Waals surface area contributed by atoms with Gasteiger partial charge < -0.3 is 4.90 Å². The summed E-state index contributed by atoms with van der Waals surface area (Å²) < 4.78 is 0. The molecule has 1 saturated heterocycles. The normalized spacial score (nSPS) is 17.6. The fraction of sp³-hybridized carbons (Fsp3) is 0.571. The number of piperazine rings is 1. The molecule has 18 heavy (non-hydrogen) atoms. The molecule has 1 aromatic rings. The Morgan fingerprint density at radius 2 is 1.83 bits per heavy atom. The fourth-order valence-electron chi connectivity index (χ4n) is 2.25. The van der Waals surface area contributed by atoms with Crippen molar-refractivity contribution in [3.8, 4) is 6.07 Å². The van der Waals surface area contributed by atoms with E-state index in [1.165, 1.54) is 0 Å². The van der Waals surface area contributed by atoms with E-state index < -0.39 is 0 Å². The highest BCUT2D eigenvalue weighted by atomic mass is 15.3. The zero-order valence-electron chi connectivity index (χ0n) is 11.3. The van der Waals surface area contributed by atoms with E-state index in [9.17, 15) is 0 Å². The summed E-state index contributed by atoms with van der Waals surface area (Å²) in [6.07, 6.45) is 1.64. The van der Waals surface area contributed by atoms with Gasteiger partial charge in [-0.2, -0.15) is 5.26 Å². The number of rotatable bonds is 1. The molecule has 1 aliphatic heterocycles. The van der Waals surface area contributed by atoms with Gasteiger partial charge >= 0.3 is 0 Å². The molecule has 96 valence electrons. The van der Waals surface area contributed by atoms with E-state index in [1.54, 1.807) is 6.20 Å². The Kier molecular flexibility index (Phi) is 3.53. The number of nitrogens with zero attached hydrogens (tertiary/aromatic N) is 4. The second-order valence-electron chi connectivity index (χ2n) is 5.66. The maximum atomic E-state index is 8.75. The summed E-state index contributed by atoms with van der Waals surface area (Å²) in [5.41, 5.74) is 0.858. The van der Waals surface area contributed by atoms with Crippen LogP contribution in [0.3, 0.4) is 0 Å². The van der Waals surface area contributed by atoms with Crippen molar-refractivity contribution >= 4 is 5.82 Å². The highest BCUT2D eigenvalue weighted by molar-refractivity contribution is 5.42. The van der Waals surface area contributed by atoms with Crippen molar-refractivity contribution in [1.29, 1.82) is 5.26 Å². The van der Waals surface area contributed by atoms with Crippen LogP contribution in [0.2, 0.25) is 0 Å². The van der Waals surface area contributed by atoms with Gasteiger partial charge in [0.25, 0.3) is 0 Å². The van der Waals surface area contributed by atoms with Gasteiger partial charge in [0.05, 0.1) is 5.56 Å². The third-order valence-corrected chi connectivity index (χ3v) is 3.43.